The fourth-order valence-electron chi connectivity index (χ4n) is 4.08. The first-order valence-electron chi connectivity index (χ1n) is 10.1. The highest BCUT2D eigenvalue weighted by Crippen LogP contribution is 2.34. The summed E-state index contributed by atoms with van der Waals surface area (Å²) < 4.78 is 7.65. The number of aromatic nitrogens is 2. The monoisotopic (exact) mass is 445 g/mol. The van der Waals surface area contributed by atoms with Crippen LogP contribution >= 0.6 is 11.6 Å². The molecule has 3 aromatic rings. The second-order valence-electron chi connectivity index (χ2n) is 7.76. The molecular weight excluding hydrogens is 422 g/mol. The van der Waals surface area contributed by atoms with Gasteiger partial charge in [0.2, 0.25) is 0 Å². The predicted molar refractivity (Wildman–Crippen MR) is 116 cm³/mol. The lowest BCUT2D eigenvalue weighted by molar-refractivity contribution is -0.221. The van der Waals surface area contributed by atoms with Crippen molar-refractivity contribution >= 4 is 22.5 Å². The summed E-state index contributed by atoms with van der Waals surface area (Å²) in [6.45, 7) is 2.51. The number of nitrogens with zero attached hydrogens (tertiary/aromatic N) is 3. The van der Waals surface area contributed by atoms with E-state index in [0.29, 0.717) is 17.0 Å². The molecule has 31 heavy (non-hydrogen) atoms. The summed E-state index contributed by atoms with van der Waals surface area (Å²) in [5.41, 5.74) is 3.52. The quantitative estimate of drug-likeness (QED) is 0.502. The highest BCUT2D eigenvalue weighted by Gasteiger charge is 2.44. The maximum atomic E-state index is 10.7. The number of aliphatic hydroxyl groups excluding tert-OH is 3. The van der Waals surface area contributed by atoms with Crippen LogP contribution in [-0.2, 0) is 17.7 Å². The van der Waals surface area contributed by atoms with Crippen LogP contribution in [0.1, 0.15) is 29.7 Å². The van der Waals surface area contributed by atoms with Crippen molar-refractivity contribution in [3.05, 3.63) is 69.2 Å². The van der Waals surface area contributed by atoms with Gasteiger partial charge in [-0.2, -0.15) is 10.0 Å². The molecule has 1 fully saturated rings. The first-order chi connectivity index (χ1) is 14.9. The molecule has 5 atom stereocenters. The van der Waals surface area contributed by atoms with Crippen LogP contribution in [-0.4, -0.2) is 56.1 Å². The molecule has 8 nitrogen and oxygen atoms in total. The molecule has 3 N–H and O–H groups in total. The van der Waals surface area contributed by atoms with E-state index in [1.807, 2.05) is 36.0 Å². The zero-order chi connectivity index (χ0) is 22.1. The second kappa shape index (κ2) is 9.02. The van der Waals surface area contributed by atoms with E-state index < -0.39 is 30.5 Å². The first kappa shape index (κ1) is 21.9. The van der Waals surface area contributed by atoms with Crippen molar-refractivity contribution in [2.45, 2.75) is 50.4 Å². The molecule has 0 amide bonds. The van der Waals surface area contributed by atoms with Gasteiger partial charge in [-0.1, -0.05) is 35.0 Å². The van der Waals surface area contributed by atoms with Crippen LogP contribution < -0.4 is 0 Å². The van der Waals surface area contributed by atoms with Gasteiger partial charge >= 0.3 is 0 Å². The molecule has 2 aromatic carbocycles. The molecule has 2 heterocycles. The third kappa shape index (κ3) is 4.22. The number of hydrogen-bond acceptors (Lipinski definition) is 7. The molecule has 9 heteroatoms. The standard InChI is InChI=1S/C22H24ClN3O5/c1-2-26-17-6-3-12(8-15(17)10-24-26)7-14-9-13(4-5-16(14)23)22-21(29)20(28)19(27)18(31-22)11-25-30/h3-6,8-10,18-22,27-29H,2,7,11H2,1H3/t18-,19-,20+,21-,22+/m1/s1. The molecule has 164 valence electrons. The van der Waals surface area contributed by atoms with E-state index in [2.05, 4.69) is 16.3 Å². The summed E-state index contributed by atoms with van der Waals surface area (Å²) in [6.07, 6.45) is -3.76. The van der Waals surface area contributed by atoms with Gasteiger partial charge < -0.3 is 20.1 Å². The lowest BCUT2D eigenvalue weighted by atomic mass is 9.90. The van der Waals surface area contributed by atoms with Crippen LogP contribution in [0.3, 0.4) is 0 Å². The molecule has 1 aliphatic rings. The van der Waals surface area contributed by atoms with Crippen molar-refractivity contribution in [1.82, 2.24) is 9.78 Å². The Bertz CT molecular complexity index is 1090. The van der Waals surface area contributed by atoms with Gasteiger partial charge in [0.15, 0.2) is 0 Å². The zero-order valence-corrected chi connectivity index (χ0v) is 17.7. The lowest BCUT2D eigenvalue weighted by Gasteiger charge is -2.40. The Kier molecular flexibility index (Phi) is 6.36. The molecule has 0 saturated carbocycles. The molecule has 0 aliphatic carbocycles. The van der Waals surface area contributed by atoms with Gasteiger partial charge in [-0.3, -0.25) is 4.68 Å². The van der Waals surface area contributed by atoms with Gasteiger partial charge in [0, 0.05) is 17.0 Å². The van der Waals surface area contributed by atoms with Crippen molar-refractivity contribution in [1.29, 1.82) is 0 Å². The number of hydrogen-bond donors (Lipinski definition) is 3. The van der Waals surface area contributed by atoms with Gasteiger partial charge in [0.1, 0.15) is 37.1 Å². The van der Waals surface area contributed by atoms with Crippen LogP contribution in [0.25, 0.3) is 10.9 Å². The smallest absolute Gasteiger partial charge is 0.113 e. The number of aryl methyl sites for hydroxylation is 1. The van der Waals surface area contributed by atoms with Crippen LogP contribution in [0.2, 0.25) is 5.02 Å². The Morgan fingerprint density at radius 3 is 2.68 bits per heavy atom. The number of aliphatic hydroxyl groups is 3. The van der Waals surface area contributed by atoms with E-state index in [0.717, 1.165) is 28.6 Å². The molecule has 0 bridgehead atoms. The Morgan fingerprint density at radius 2 is 1.94 bits per heavy atom. The van der Waals surface area contributed by atoms with Crippen LogP contribution in [0.15, 0.2) is 47.8 Å². The fourth-order valence-corrected chi connectivity index (χ4v) is 4.26. The highest BCUT2D eigenvalue weighted by molar-refractivity contribution is 6.31. The van der Waals surface area contributed by atoms with E-state index in [4.69, 9.17) is 16.3 Å². The first-order valence-corrected chi connectivity index (χ1v) is 10.5. The lowest BCUT2D eigenvalue weighted by Crippen LogP contribution is -2.55. The average Bonchev–Trinajstić information content (AvgIpc) is 3.18. The number of ether oxygens (including phenoxy) is 1. The minimum Gasteiger partial charge on any atom is -0.388 e. The van der Waals surface area contributed by atoms with E-state index in [1.165, 1.54) is 0 Å². The van der Waals surface area contributed by atoms with Crippen molar-refractivity contribution < 1.29 is 20.1 Å². The summed E-state index contributed by atoms with van der Waals surface area (Å²) in [5, 5.41) is 39.4. The number of rotatable bonds is 6. The van der Waals surface area contributed by atoms with Crippen molar-refractivity contribution in [3.63, 3.8) is 0 Å². The summed E-state index contributed by atoms with van der Waals surface area (Å²) >= 11 is 6.43. The number of halogens is 1. The molecular formula is C22H24ClN3O5. The Balaban J connectivity index is 1.61. The second-order valence-corrected chi connectivity index (χ2v) is 8.17. The molecule has 0 radical (unpaired) electrons. The third-order valence-corrected chi connectivity index (χ3v) is 6.13. The van der Waals surface area contributed by atoms with Crippen molar-refractivity contribution in [2.24, 2.45) is 5.18 Å². The van der Waals surface area contributed by atoms with Gasteiger partial charge in [-0.05, 0) is 48.2 Å². The van der Waals surface area contributed by atoms with Crippen molar-refractivity contribution in [2.75, 3.05) is 6.54 Å². The van der Waals surface area contributed by atoms with Gasteiger partial charge in [0.05, 0.1) is 11.7 Å². The summed E-state index contributed by atoms with van der Waals surface area (Å²) in [4.78, 5) is 10.7. The average molecular weight is 446 g/mol. The topological polar surface area (TPSA) is 117 Å². The van der Waals surface area contributed by atoms with Crippen LogP contribution in [0.4, 0.5) is 0 Å². The van der Waals surface area contributed by atoms with E-state index >= 15 is 0 Å². The summed E-state index contributed by atoms with van der Waals surface area (Å²) in [6, 6.07) is 11.3. The Morgan fingerprint density at radius 1 is 1.13 bits per heavy atom. The molecule has 1 aliphatic heterocycles. The van der Waals surface area contributed by atoms with Crippen molar-refractivity contribution in [3.8, 4) is 0 Å². The highest BCUT2D eigenvalue weighted by atomic mass is 35.5. The van der Waals surface area contributed by atoms with E-state index in [9.17, 15) is 20.2 Å². The van der Waals surface area contributed by atoms with Gasteiger partial charge in [0.25, 0.3) is 0 Å². The van der Waals surface area contributed by atoms with E-state index in [1.54, 1.807) is 12.1 Å². The molecule has 1 saturated heterocycles. The SMILES string of the molecule is CCn1ncc2cc(Cc3cc([C@@H]4O[C@H](CN=O)[C@@H](O)[C@H](O)[C@H]4O)ccc3Cl)ccc21. The number of nitroso groups, excluding NO2 is 1. The van der Waals surface area contributed by atoms with E-state index in [-0.39, 0.29) is 6.54 Å². The fraction of sp³-hybridized carbons (Fsp3) is 0.409. The predicted octanol–water partition coefficient (Wildman–Crippen LogP) is 2.59. The van der Waals surface area contributed by atoms with Gasteiger partial charge in [-0.15, -0.1) is 0 Å². The minimum atomic E-state index is -1.46. The third-order valence-electron chi connectivity index (χ3n) is 5.77. The normalized spacial score (nSPS) is 26.3. The maximum Gasteiger partial charge on any atom is 0.113 e. The molecule has 4 rings (SSSR count). The Hall–Kier alpha value is -2.36. The van der Waals surface area contributed by atoms with Gasteiger partial charge in [-0.25, -0.2) is 0 Å². The minimum absolute atomic E-state index is 0.326. The van der Waals surface area contributed by atoms with Crippen LogP contribution in [0, 0.1) is 4.91 Å². The maximum absolute atomic E-state index is 10.7. The number of fused-ring (bicyclic) bond motifs is 1. The zero-order valence-electron chi connectivity index (χ0n) is 16.9. The van der Waals surface area contributed by atoms with Crippen LogP contribution in [0.5, 0.6) is 0 Å². The molecule has 1 aromatic heterocycles. The Labute approximate surface area is 184 Å². The summed E-state index contributed by atoms with van der Waals surface area (Å²) in [5.74, 6) is 0. The summed E-state index contributed by atoms with van der Waals surface area (Å²) in [7, 11) is 0. The molecule has 0 unspecified atom stereocenters. The number of benzene rings is 2. The molecule has 0 spiro atoms. The largest absolute Gasteiger partial charge is 0.388 e.